The lowest BCUT2D eigenvalue weighted by atomic mass is 10.0. The van der Waals surface area contributed by atoms with Crippen molar-refractivity contribution in [1.29, 1.82) is 0 Å². The molecule has 10 aromatic carbocycles. The van der Waals surface area contributed by atoms with Crippen LogP contribution in [-0.2, 0) is 0 Å². The van der Waals surface area contributed by atoms with Gasteiger partial charge in [0.25, 0.3) is 0 Å². The summed E-state index contributed by atoms with van der Waals surface area (Å²) in [5.74, 6) is 0. The van der Waals surface area contributed by atoms with Crippen LogP contribution in [0.2, 0.25) is 0 Å². The SMILES string of the molecule is C(=Cc1ccc(N(c2ccccc2)c2ccc(-c3ccc(N(c4ccccc4)c4ccc(-c5ccc(N(c6ccccc6)c6ccccc6)cc5)cc4)cc3)cc2)cc1)c1ccccc1. The molecule has 3 nitrogen and oxygen atoms in total. The molecule has 10 aromatic rings. The van der Waals surface area contributed by atoms with Gasteiger partial charge in [-0.3, -0.25) is 0 Å². The van der Waals surface area contributed by atoms with E-state index in [1.807, 2.05) is 6.07 Å². The standard InChI is InChI=1S/C62H47N3/c1-6-16-48(17-7-1)26-27-49-28-38-58(39-29-49)64(56-22-12-4-13-23-56)60-42-32-51(33-43-60)53-36-46-62(47-37-53)65(57-24-14-5-15-25-57)61-44-34-52(35-45-61)50-30-40-59(41-31-50)63(54-18-8-2-9-19-54)55-20-10-3-11-21-55/h1-47H. The molecule has 0 aliphatic heterocycles. The van der Waals surface area contributed by atoms with Crippen LogP contribution in [0.15, 0.2) is 273 Å². The van der Waals surface area contributed by atoms with Gasteiger partial charge < -0.3 is 14.7 Å². The van der Waals surface area contributed by atoms with Crippen LogP contribution in [0.1, 0.15) is 11.1 Å². The summed E-state index contributed by atoms with van der Waals surface area (Å²) in [4.78, 5) is 6.91. The number of benzene rings is 10. The Kier molecular flexibility index (Phi) is 11.9. The zero-order chi connectivity index (χ0) is 43.6. The summed E-state index contributed by atoms with van der Waals surface area (Å²) < 4.78 is 0. The summed E-state index contributed by atoms with van der Waals surface area (Å²) in [5.41, 5.74) is 16.9. The molecular weight excluding hydrogens is 787 g/mol. The molecule has 0 saturated carbocycles. The zero-order valence-electron chi connectivity index (χ0n) is 36.0. The maximum atomic E-state index is 2.32. The van der Waals surface area contributed by atoms with Crippen LogP contribution in [-0.4, -0.2) is 0 Å². The van der Waals surface area contributed by atoms with Crippen LogP contribution in [0, 0.1) is 0 Å². The third-order valence-electron chi connectivity index (χ3n) is 11.6. The number of anilines is 9. The Hall–Kier alpha value is -8.66. The zero-order valence-corrected chi connectivity index (χ0v) is 36.0. The van der Waals surface area contributed by atoms with Crippen LogP contribution in [0.5, 0.6) is 0 Å². The minimum atomic E-state index is 1.09. The molecule has 0 radical (unpaired) electrons. The van der Waals surface area contributed by atoms with E-state index >= 15 is 0 Å². The molecule has 0 atom stereocenters. The Labute approximate surface area is 382 Å². The van der Waals surface area contributed by atoms with E-state index in [1.165, 1.54) is 11.1 Å². The Bertz CT molecular complexity index is 3020. The first-order chi connectivity index (χ1) is 32.2. The van der Waals surface area contributed by atoms with Crippen molar-refractivity contribution < 1.29 is 0 Å². The van der Waals surface area contributed by atoms with E-state index in [2.05, 4.69) is 294 Å². The third-order valence-corrected chi connectivity index (χ3v) is 11.6. The fourth-order valence-electron chi connectivity index (χ4n) is 8.35. The van der Waals surface area contributed by atoms with Gasteiger partial charge in [0, 0.05) is 51.2 Å². The van der Waals surface area contributed by atoms with Crippen molar-refractivity contribution in [2.45, 2.75) is 0 Å². The molecule has 0 spiro atoms. The highest BCUT2D eigenvalue weighted by Gasteiger charge is 2.16. The van der Waals surface area contributed by atoms with Gasteiger partial charge in [0.2, 0.25) is 0 Å². The number of para-hydroxylation sites is 4. The average molecular weight is 834 g/mol. The van der Waals surface area contributed by atoms with E-state index in [0.717, 1.165) is 73.4 Å². The van der Waals surface area contributed by atoms with Gasteiger partial charge in [-0.1, -0.05) is 176 Å². The van der Waals surface area contributed by atoms with Crippen molar-refractivity contribution in [2.75, 3.05) is 14.7 Å². The van der Waals surface area contributed by atoms with Gasteiger partial charge in [0.1, 0.15) is 0 Å². The van der Waals surface area contributed by atoms with Crippen molar-refractivity contribution in [2.24, 2.45) is 0 Å². The summed E-state index contributed by atoms with van der Waals surface area (Å²) in [6.07, 6.45) is 4.31. The molecule has 3 heteroatoms. The van der Waals surface area contributed by atoms with Crippen molar-refractivity contribution in [1.82, 2.24) is 0 Å². The monoisotopic (exact) mass is 833 g/mol. The third kappa shape index (κ3) is 9.27. The van der Waals surface area contributed by atoms with E-state index in [9.17, 15) is 0 Å². The van der Waals surface area contributed by atoms with Gasteiger partial charge in [0.15, 0.2) is 0 Å². The highest BCUT2D eigenvalue weighted by Crippen LogP contribution is 2.40. The van der Waals surface area contributed by atoms with Crippen LogP contribution in [0.4, 0.5) is 51.2 Å². The molecule has 0 bridgehead atoms. The van der Waals surface area contributed by atoms with E-state index in [1.54, 1.807) is 0 Å². The molecule has 0 aromatic heterocycles. The first kappa shape index (κ1) is 40.4. The van der Waals surface area contributed by atoms with Gasteiger partial charge in [-0.05, 0) is 143 Å². The van der Waals surface area contributed by atoms with E-state index in [-0.39, 0.29) is 0 Å². The highest BCUT2D eigenvalue weighted by molar-refractivity contribution is 5.83. The summed E-state index contributed by atoms with van der Waals surface area (Å²) >= 11 is 0. The molecule has 0 aliphatic carbocycles. The molecule has 0 aliphatic rings. The van der Waals surface area contributed by atoms with Crippen LogP contribution < -0.4 is 14.7 Å². The molecule has 0 N–H and O–H groups in total. The number of nitrogens with zero attached hydrogens (tertiary/aromatic N) is 3. The van der Waals surface area contributed by atoms with Crippen molar-refractivity contribution in [3.63, 3.8) is 0 Å². The maximum absolute atomic E-state index is 2.32. The first-order valence-electron chi connectivity index (χ1n) is 22.1. The summed E-state index contributed by atoms with van der Waals surface area (Å²) in [7, 11) is 0. The minimum absolute atomic E-state index is 1.09. The Morgan fingerprint density at radius 3 is 0.600 bits per heavy atom. The fourth-order valence-corrected chi connectivity index (χ4v) is 8.35. The molecule has 310 valence electrons. The lowest BCUT2D eigenvalue weighted by molar-refractivity contribution is 1.28. The van der Waals surface area contributed by atoms with Crippen molar-refractivity contribution in [3.05, 3.63) is 284 Å². The average Bonchev–Trinajstić information content (AvgIpc) is 3.39. The lowest BCUT2D eigenvalue weighted by Gasteiger charge is -2.26. The Morgan fingerprint density at radius 2 is 0.354 bits per heavy atom. The predicted molar refractivity (Wildman–Crippen MR) is 277 cm³/mol. The summed E-state index contributed by atoms with van der Waals surface area (Å²) in [6, 6.07) is 96.8. The van der Waals surface area contributed by atoms with Gasteiger partial charge in [-0.25, -0.2) is 0 Å². The van der Waals surface area contributed by atoms with Gasteiger partial charge >= 0.3 is 0 Å². The van der Waals surface area contributed by atoms with E-state index in [0.29, 0.717) is 0 Å². The van der Waals surface area contributed by atoms with Crippen LogP contribution >= 0.6 is 0 Å². The van der Waals surface area contributed by atoms with Gasteiger partial charge in [-0.2, -0.15) is 0 Å². The largest absolute Gasteiger partial charge is 0.311 e. The molecule has 0 unspecified atom stereocenters. The smallest absolute Gasteiger partial charge is 0.0462 e. The quantitative estimate of drug-likeness (QED) is 0.107. The van der Waals surface area contributed by atoms with E-state index in [4.69, 9.17) is 0 Å². The summed E-state index contributed by atoms with van der Waals surface area (Å²) in [5, 5.41) is 0. The normalized spacial score (nSPS) is 11.0. The van der Waals surface area contributed by atoms with Crippen LogP contribution in [0.3, 0.4) is 0 Å². The molecule has 65 heavy (non-hydrogen) atoms. The molecular formula is C62H47N3. The Balaban J connectivity index is 0.885. The molecule has 10 rings (SSSR count). The lowest BCUT2D eigenvalue weighted by Crippen LogP contribution is -2.10. The second-order valence-electron chi connectivity index (χ2n) is 15.9. The molecule has 0 heterocycles. The summed E-state index contributed by atoms with van der Waals surface area (Å²) in [6.45, 7) is 0. The topological polar surface area (TPSA) is 9.72 Å². The first-order valence-corrected chi connectivity index (χ1v) is 22.1. The second kappa shape index (κ2) is 19.2. The van der Waals surface area contributed by atoms with Crippen LogP contribution in [0.25, 0.3) is 34.4 Å². The highest BCUT2D eigenvalue weighted by atomic mass is 15.2. The molecule has 0 fully saturated rings. The minimum Gasteiger partial charge on any atom is -0.311 e. The molecule has 0 amide bonds. The Morgan fingerprint density at radius 1 is 0.169 bits per heavy atom. The predicted octanol–water partition coefficient (Wildman–Crippen LogP) is 17.6. The number of hydrogen-bond acceptors (Lipinski definition) is 3. The number of hydrogen-bond donors (Lipinski definition) is 0. The molecule has 0 saturated heterocycles. The van der Waals surface area contributed by atoms with E-state index < -0.39 is 0 Å². The van der Waals surface area contributed by atoms with Crippen molar-refractivity contribution >= 4 is 63.3 Å². The number of rotatable bonds is 13. The van der Waals surface area contributed by atoms with Gasteiger partial charge in [-0.15, -0.1) is 0 Å². The van der Waals surface area contributed by atoms with Gasteiger partial charge in [0.05, 0.1) is 0 Å². The maximum Gasteiger partial charge on any atom is 0.0462 e. The van der Waals surface area contributed by atoms with Crippen molar-refractivity contribution in [3.8, 4) is 22.3 Å². The fraction of sp³-hybridized carbons (Fsp3) is 0. The second-order valence-corrected chi connectivity index (χ2v) is 15.9.